The van der Waals surface area contributed by atoms with E-state index in [1.165, 1.54) is 12.8 Å². The van der Waals surface area contributed by atoms with Crippen molar-refractivity contribution in [2.75, 3.05) is 0 Å². The lowest BCUT2D eigenvalue weighted by Gasteiger charge is -2.06. The fourth-order valence-corrected chi connectivity index (χ4v) is 2.74. The van der Waals surface area contributed by atoms with Gasteiger partial charge in [-0.05, 0) is 36.5 Å². The van der Waals surface area contributed by atoms with Crippen LogP contribution in [0.15, 0.2) is 24.3 Å². The standard InChI is InChI=1S/C10H12/c1-2-4-8-5-7(3-1)9-6-10(8)9/h1-4,7-10H,5-6H2. The van der Waals surface area contributed by atoms with Crippen molar-refractivity contribution in [3.63, 3.8) is 0 Å². The number of fused-ring (bicyclic) bond motifs is 5. The zero-order valence-electron chi connectivity index (χ0n) is 6.03. The van der Waals surface area contributed by atoms with Gasteiger partial charge in [0.25, 0.3) is 0 Å². The molecule has 2 saturated carbocycles. The molecule has 0 aromatic rings. The maximum absolute atomic E-state index is 2.41. The first-order chi connectivity index (χ1) is 4.95. The third kappa shape index (κ3) is 0.524. The summed E-state index contributed by atoms with van der Waals surface area (Å²) in [5.74, 6) is 4.08. The molecule has 2 fully saturated rings. The molecule has 0 N–H and O–H groups in total. The van der Waals surface area contributed by atoms with Crippen LogP contribution in [0.3, 0.4) is 0 Å². The van der Waals surface area contributed by atoms with E-state index in [-0.39, 0.29) is 0 Å². The maximum Gasteiger partial charge on any atom is -0.0193 e. The fraction of sp³-hybridized carbons (Fsp3) is 0.600. The van der Waals surface area contributed by atoms with Crippen molar-refractivity contribution in [1.29, 1.82) is 0 Å². The lowest BCUT2D eigenvalue weighted by molar-refractivity contribution is 0.536. The lowest BCUT2D eigenvalue weighted by atomic mass is 9.99. The molecule has 10 heavy (non-hydrogen) atoms. The van der Waals surface area contributed by atoms with E-state index in [0.717, 1.165) is 23.7 Å². The van der Waals surface area contributed by atoms with Crippen molar-refractivity contribution < 1.29 is 0 Å². The van der Waals surface area contributed by atoms with Crippen molar-refractivity contribution in [2.24, 2.45) is 23.7 Å². The molecule has 0 heteroatoms. The predicted octanol–water partition coefficient (Wildman–Crippen LogP) is 2.38. The molecule has 2 bridgehead atoms. The Morgan fingerprint density at radius 1 is 0.800 bits per heavy atom. The van der Waals surface area contributed by atoms with Crippen LogP contribution in [0.1, 0.15) is 12.8 Å². The zero-order valence-corrected chi connectivity index (χ0v) is 6.03. The minimum Gasteiger partial charge on any atom is -0.0811 e. The summed E-state index contributed by atoms with van der Waals surface area (Å²) >= 11 is 0. The molecule has 0 aromatic heterocycles. The highest BCUT2D eigenvalue weighted by Crippen LogP contribution is 2.60. The minimum atomic E-state index is 0.949. The predicted molar refractivity (Wildman–Crippen MR) is 41.5 cm³/mol. The Hall–Kier alpha value is -0.520. The fourth-order valence-electron chi connectivity index (χ4n) is 2.74. The minimum absolute atomic E-state index is 0.949. The number of allylic oxidation sites excluding steroid dienone is 4. The van der Waals surface area contributed by atoms with Crippen molar-refractivity contribution in [3.8, 4) is 0 Å². The molecule has 0 amide bonds. The summed E-state index contributed by atoms with van der Waals surface area (Å²) in [5, 5.41) is 0. The summed E-state index contributed by atoms with van der Waals surface area (Å²) in [6, 6.07) is 0. The third-order valence-corrected chi connectivity index (χ3v) is 3.36. The molecule has 3 aliphatic carbocycles. The van der Waals surface area contributed by atoms with Crippen LogP contribution < -0.4 is 0 Å². The maximum atomic E-state index is 2.41. The average molecular weight is 132 g/mol. The molecule has 0 aromatic carbocycles. The summed E-state index contributed by atoms with van der Waals surface area (Å²) < 4.78 is 0. The van der Waals surface area contributed by atoms with Crippen LogP contribution in [-0.4, -0.2) is 0 Å². The van der Waals surface area contributed by atoms with Crippen LogP contribution in [0.2, 0.25) is 0 Å². The van der Waals surface area contributed by atoms with Gasteiger partial charge in [0.2, 0.25) is 0 Å². The largest absolute Gasteiger partial charge is 0.0811 e. The van der Waals surface area contributed by atoms with Crippen molar-refractivity contribution in [1.82, 2.24) is 0 Å². The Morgan fingerprint density at radius 3 is 2.00 bits per heavy atom. The van der Waals surface area contributed by atoms with Gasteiger partial charge in [-0.15, -0.1) is 0 Å². The van der Waals surface area contributed by atoms with Crippen molar-refractivity contribution >= 4 is 0 Å². The normalized spacial score (nSPS) is 54.4. The Balaban J connectivity index is 2.01. The molecule has 0 nitrogen and oxygen atoms in total. The first-order valence-electron chi connectivity index (χ1n) is 4.30. The molecule has 0 radical (unpaired) electrons. The first-order valence-corrected chi connectivity index (χ1v) is 4.30. The molecule has 52 valence electrons. The second-order valence-corrected chi connectivity index (χ2v) is 3.90. The van der Waals surface area contributed by atoms with Crippen LogP contribution in [-0.2, 0) is 0 Å². The van der Waals surface area contributed by atoms with Crippen molar-refractivity contribution in [3.05, 3.63) is 24.3 Å². The molecule has 0 saturated heterocycles. The van der Waals surface area contributed by atoms with Crippen molar-refractivity contribution in [2.45, 2.75) is 12.8 Å². The van der Waals surface area contributed by atoms with E-state index in [4.69, 9.17) is 0 Å². The molecule has 0 heterocycles. The van der Waals surface area contributed by atoms with Crippen LogP contribution in [0.5, 0.6) is 0 Å². The van der Waals surface area contributed by atoms with Gasteiger partial charge in [0.15, 0.2) is 0 Å². The molecular formula is C10H12. The highest BCUT2D eigenvalue weighted by Gasteiger charge is 2.52. The molecule has 3 rings (SSSR count). The number of hydrogen-bond acceptors (Lipinski definition) is 0. The van der Waals surface area contributed by atoms with Gasteiger partial charge in [0.1, 0.15) is 0 Å². The van der Waals surface area contributed by atoms with Crippen LogP contribution in [0, 0.1) is 23.7 Å². The topological polar surface area (TPSA) is 0 Å². The average Bonchev–Trinajstić information content (AvgIpc) is 2.58. The van der Waals surface area contributed by atoms with Gasteiger partial charge < -0.3 is 0 Å². The summed E-state index contributed by atoms with van der Waals surface area (Å²) in [4.78, 5) is 0. The third-order valence-electron chi connectivity index (χ3n) is 3.36. The molecule has 4 unspecified atom stereocenters. The van der Waals surface area contributed by atoms with Gasteiger partial charge in [0, 0.05) is 0 Å². The van der Waals surface area contributed by atoms with Crippen LogP contribution in [0.25, 0.3) is 0 Å². The SMILES string of the molecule is C1=CC2CC(C=C1)C1CC21. The van der Waals surface area contributed by atoms with E-state index in [1.807, 2.05) is 0 Å². The molecule has 0 aliphatic heterocycles. The highest BCUT2D eigenvalue weighted by molar-refractivity contribution is 5.20. The summed E-state index contributed by atoms with van der Waals surface area (Å²) in [5.41, 5.74) is 0. The van der Waals surface area contributed by atoms with Gasteiger partial charge in [0.05, 0.1) is 0 Å². The smallest absolute Gasteiger partial charge is 0.0193 e. The summed E-state index contributed by atoms with van der Waals surface area (Å²) in [6.45, 7) is 0. The van der Waals surface area contributed by atoms with E-state index < -0.39 is 0 Å². The van der Waals surface area contributed by atoms with Gasteiger partial charge in [-0.25, -0.2) is 0 Å². The summed E-state index contributed by atoms with van der Waals surface area (Å²) in [7, 11) is 0. The molecule has 4 atom stereocenters. The summed E-state index contributed by atoms with van der Waals surface area (Å²) in [6.07, 6.45) is 12.3. The Kier molecular flexibility index (Phi) is 0.803. The van der Waals surface area contributed by atoms with Gasteiger partial charge in [-0.2, -0.15) is 0 Å². The van der Waals surface area contributed by atoms with Crippen LogP contribution >= 0.6 is 0 Å². The molecular weight excluding hydrogens is 120 g/mol. The quantitative estimate of drug-likeness (QED) is 0.474. The molecule has 0 spiro atoms. The Bertz CT molecular complexity index is 190. The monoisotopic (exact) mass is 132 g/mol. The van der Waals surface area contributed by atoms with E-state index in [2.05, 4.69) is 24.3 Å². The Labute approximate surface area is 61.6 Å². The number of rotatable bonds is 0. The Morgan fingerprint density at radius 2 is 1.40 bits per heavy atom. The van der Waals surface area contributed by atoms with E-state index in [9.17, 15) is 0 Å². The second kappa shape index (κ2) is 1.55. The van der Waals surface area contributed by atoms with E-state index in [1.54, 1.807) is 0 Å². The first kappa shape index (κ1) is 5.17. The van der Waals surface area contributed by atoms with Gasteiger partial charge in [-0.3, -0.25) is 0 Å². The van der Waals surface area contributed by atoms with Gasteiger partial charge in [-0.1, -0.05) is 24.3 Å². The zero-order chi connectivity index (χ0) is 6.55. The number of hydrogen-bond donors (Lipinski definition) is 0. The lowest BCUT2D eigenvalue weighted by Crippen LogP contribution is -1.96. The highest BCUT2D eigenvalue weighted by atomic mass is 14.6. The molecule has 3 aliphatic rings. The van der Waals surface area contributed by atoms with Crippen LogP contribution in [0.4, 0.5) is 0 Å². The van der Waals surface area contributed by atoms with Gasteiger partial charge >= 0.3 is 0 Å². The second-order valence-electron chi connectivity index (χ2n) is 3.90. The van der Waals surface area contributed by atoms with E-state index >= 15 is 0 Å². The van der Waals surface area contributed by atoms with E-state index in [0.29, 0.717) is 0 Å².